The minimum atomic E-state index is -3.86. The fourth-order valence-electron chi connectivity index (χ4n) is 1.85. The molecule has 2 rings (SSSR count). The number of thiophene rings is 1. The second-order valence-corrected chi connectivity index (χ2v) is 7.11. The normalized spacial score (nSPS) is 12.0. The van der Waals surface area contributed by atoms with Gasteiger partial charge >= 0.3 is 5.97 Å². The van der Waals surface area contributed by atoms with Crippen LogP contribution in [0.15, 0.2) is 35.1 Å². The summed E-state index contributed by atoms with van der Waals surface area (Å²) in [4.78, 5) is 22.9. The van der Waals surface area contributed by atoms with Gasteiger partial charge in [0.1, 0.15) is 9.77 Å². The Kier molecular flexibility index (Phi) is 7.55. The standard InChI is InChI=1S/C12H15N3O4S2.CH2O2/c1-2-9(7-15-5-4-13-8-15)14-21(18,19)10-3-6-20-11(10)12(16)17;2-1-3/h3-6,8-9,14H,2,7H2,1H3,(H,16,17);1H,(H,2,3). The van der Waals surface area contributed by atoms with Gasteiger partial charge < -0.3 is 14.8 Å². The number of rotatable bonds is 7. The Labute approximate surface area is 142 Å². The van der Waals surface area contributed by atoms with Crippen molar-refractivity contribution in [1.29, 1.82) is 0 Å². The number of carboxylic acids is 1. The Balaban J connectivity index is 0.000000891. The van der Waals surface area contributed by atoms with Crippen LogP contribution in [0.25, 0.3) is 0 Å². The molecular weight excluding hydrogens is 358 g/mol. The van der Waals surface area contributed by atoms with Gasteiger partial charge in [0, 0.05) is 25.0 Å². The van der Waals surface area contributed by atoms with Gasteiger partial charge in [0.2, 0.25) is 10.0 Å². The fourth-order valence-corrected chi connectivity index (χ4v) is 4.42. The Morgan fingerprint density at radius 3 is 2.71 bits per heavy atom. The first-order valence-corrected chi connectivity index (χ1v) is 9.08. The van der Waals surface area contributed by atoms with E-state index in [2.05, 4.69) is 9.71 Å². The van der Waals surface area contributed by atoms with E-state index in [1.54, 1.807) is 23.3 Å². The molecule has 0 aliphatic rings. The predicted molar refractivity (Wildman–Crippen MR) is 86.6 cm³/mol. The van der Waals surface area contributed by atoms with Crippen LogP contribution in [0.3, 0.4) is 0 Å². The fraction of sp³-hybridized carbons (Fsp3) is 0.308. The largest absolute Gasteiger partial charge is 0.483 e. The maximum Gasteiger partial charge on any atom is 0.347 e. The average molecular weight is 375 g/mol. The number of sulfonamides is 1. The van der Waals surface area contributed by atoms with Crippen molar-refractivity contribution >= 4 is 33.8 Å². The highest BCUT2D eigenvalue weighted by Gasteiger charge is 2.26. The molecule has 0 aromatic carbocycles. The first-order valence-electron chi connectivity index (χ1n) is 6.72. The molecule has 24 heavy (non-hydrogen) atoms. The lowest BCUT2D eigenvalue weighted by atomic mass is 10.2. The van der Waals surface area contributed by atoms with Gasteiger partial charge in [-0.05, 0) is 17.9 Å². The summed E-state index contributed by atoms with van der Waals surface area (Å²) in [5, 5.41) is 17.4. The number of hydrogen-bond donors (Lipinski definition) is 3. The van der Waals surface area contributed by atoms with Crippen LogP contribution in [-0.2, 0) is 21.4 Å². The van der Waals surface area contributed by atoms with E-state index in [-0.39, 0.29) is 22.3 Å². The smallest absolute Gasteiger partial charge is 0.347 e. The van der Waals surface area contributed by atoms with Crippen molar-refractivity contribution in [3.63, 3.8) is 0 Å². The topological polar surface area (TPSA) is 139 Å². The van der Waals surface area contributed by atoms with E-state index in [9.17, 15) is 13.2 Å². The minimum absolute atomic E-state index is 0.181. The molecule has 0 aliphatic heterocycles. The highest BCUT2D eigenvalue weighted by molar-refractivity contribution is 7.89. The molecule has 3 N–H and O–H groups in total. The second-order valence-electron chi connectivity index (χ2n) is 4.51. The molecule has 0 spiro atoms. The molecule has 1 unspecified atom stereocenters. The molecule has 2 aromatic heterocycles. The first kappa shape index (κ1) is 19.8. The molecule has 9 nitrogen and oxygen atoms in total. The summed E-state index contributed by atoms with van der Waals surface area (Å²) in [6.07, 6.45) is 5.53. The number of hydrogen-bond acceptors (Lipinski definition) is 6. The number of carboxylic acid groups (broad SMARTS) is 2. The lowest BCUT2D eigenvalue weighted by Gasteiger charge is -2.17. The molecule has 0 aliphatic carbocycles. The summed E-state index contributed by atoms with van der Waals surface area (Å²) in [6, 6.07) is 0.964. The Morgan fingerprint density at radius 1 is 1.54 bits per heavy atom. The maximum atomic E-state index is 12.3. The highest BCUT2D eigenvalue weighted by atomic mass is 32.2. The Hall–Kier alpha value is -2.24. The maximum absolute atomic E-state index is 12.3. The second kappa shape index (κ2) is 9.15. The number of aromatic nitrogens is 2. The number of imidazole rings is 1. The lowest BCUT2D eigenvalue weighted by Crippen LogP contribution is -2.37. The number of nitrogens with zero attached hydrogens (tertiary/aromatic N) is 2. The van der Waals surface area contributed by atoms with Crippen LogP contribution in [0.5, 0.6) is 0 Å². The summed E-state index contributed by atoms with van der Waals surface area (Å²) in [7, 11) is -3.86. The summed E-state index contributed by atoms with van der Waals surface area (Å²) in [5.74, 6) is -1.24. The molecule has 1 atom stereocenters. The zero-order valence-corrected chi connectivity index (χ0v) is 14.3. The first-order chi connectivity index (χ1) is 11.4. The highest BCUT2D eigenvalue weighted by Crippen LogP contribution is 2.22. The molecule has 132 valence electrons. The third kappa shape index (κ3) is 5.44. The van der Waals surface area contributed by atoms with Crippen LogP contribution < -0.4 is 4.72 Å². The Morgan fingerprint density at radius 2 is 2.21 bits per heavy atom. The number of carbonyl (C=O) groups is 2. The van der Waals surface area contributed by atoms with Crippen molar-refractivity contribution in [2.75, 3.05) is 0 Å². The van der Waals surface area contributed by atoms with Gasteiger partial charge in [0.25, 0.3) is 6.47 Å². The van der Waals surface area contributed by atoms with Crippen LogP contribution >= 0.6 is 11.3 Å². The van der Waals surface area contributed by atoms with Crippen LogP contribution in [0.1, 0.15) is 23.0 Å². The summed E-state index contributed by atoms with van der Waals surface area (Å²) in [6.45, 7) is 2.04. The van der Waals surface area contributed by atoms with Crippen molar-refractivity contribution in [1.82, 2.24) is 14.3 Å². The monoisotopic (exact) mass is 375 g/mol. The molecule has 2 aromatic rings. The van der Waals surface area contributed by atoms with Crippen molar-refractivity contribution in [2.24, 2.45) is 0 Å². The summed E-state index contributed by atoms with van der Waals surface area (Å²) >= 11 is 0.891. The SMILES string of the molecule is CCC(Cn1ccnc1)NS(=O)(=O)c1ccsc1C(=O)O.O=CO. The third-order valence-electron chi connectivity index (χ3n) is 2.92. The van der Waals surface area contributed by atoms with Crippen LogP contribution in [-0.4, -0.2) is 46.7 Å². The van der Waals surface area contributed by atoms with Gasteiger partial charge in [-0.3, -0.25) is 4.79 Å². The Bertz CT molecular complexity index is 755. The van der Waals surface area contributed by atoms with Gasteiger partial charge in [0.05, 0.1) is 6.33 Å². The van der Waals surface area contributed by atoms with Crippen LogP contribution in [0.4, 0.5) is 0 Å². The quantitative estimate of drug-likeness (QED) is 0.616. The van der Waals surface area contributed by atoms with Gasteiger partial charge in [-0.2, -0.15) is 0 Å². The third-order valence-corrected chi connectivity index (χ3v) is 5.51. The van der Waals surface area contributed by atoms with E-state index in [1.165, 1.54) is 11.4 Å². The summed E-state index contributed by atoms with van der Waals surface area (Å²) < 4.78 is 29.0. The van der Waals surface area contributed by atoms with Gasteiger partial charge in [0.15, 0.2) is 0 Å². The van der Waals surface area contributed by atoms with Crippen LogP contribution in [0, 0.1) is 0 Å². The van der Waals surface area contributed by atoms with E-state index in [0.717, 1.165) is 11.3 Å². The molecule has 0 saturated carbocycles. The van der Waals surface area contributed by atoms with E-state index in [0.29, 0.717) is 13.0 Å². The summed E-state index contributed by atoms with van der Waals surface area (Å²) in [5.41, 5.74) is 0. The molecule has 0 fully saturated rings. The molecule has 0 saturated heterocycles. The molecule has 0 bridgehead atoms. The lowest BCUT2D eigenvalue weighted by molar-refractivity contribution is -0.122. The van der Waals surface area contributed by atoms with Gasteiger partial charge in [-0.15, -0.1) is 11.3 Å². The zero-order valence-electron chi connectivity index (χ0n) is 12.7. The molecule has 0 amide bonds. The number of nitrogens with one attached hydrogen (secondary N) is 1. The molecule has 2 heterocycles. The predicted octanol–water partition coefficient (Wildman–Crippen LogP) is 1.10. The molecular formula is C13H17N3O6S2. The van der Waals surface area contributed by atoms with Crippen molar-refractivity contribution in [2.45, 2.75) is 30.8 Å². The van der Waals surface area contributed by atoms with E-state index in [1.807, 2.05) is 6.92 Å². The average Bonchev–Trinajstić information content (AvgIpc) is 3.18. The van der Waals surface area contributed by atoms with E-state index >= 15 is 0 Å². The van der Waals surface area contributed by atoms with Crippen LogP contribution in [0.2, 0.25) is 0 Å². The van der Waals surface area contributed by atoms with E-state index in [4.69, 9.17) is 15.0 Å². The molecule has 0 radical (unpaired) electrons. The zero-order chi connectivity index (χ0) is 18.2. The minimum Gasteiger partial charge on any atom is -0.483 e. The van der Waals surface area contributed by atoms with Gasteiger partial charge in [-0.1, -0.05) is 6.92 Å². The number of aromatic carboxylic acids is 1. The molecule has 11 heteroatoms. The van der Waals surface area contributed by atoms with Gasteiger partial charge in [-0.25, -0.2) is 22.9 Å². The van der Waals surface area contributed by atoms with Crippen molar-refractivity contribution in [3.05, 3.63) is 35.0 Å². The van der Waals surface area contributed by atoms with E-state index < -0.39 is 16.0 Å². The van der Waals surface area contributed by atoms with Crippen molar-refractivity contribution in [3.8, 4) is 0 Å². The van der Waals surface area contributed by atoms with Crippen molar-refractivity contribution < 1.29 is 28.2 Å².